The number of piperazine rings is 1. The van der Waals surface area contributed by atoms with Crippen LogP contribution in [-0.2, 0) is 28.5 Å². The van der Waals surface area contributed by atoms with Crippen LogP contribution in [0.4, 0.5) is 23.7 Å². The molecule has 2 aliphatic rings. The van der Waals surface area contributed by atoms with Crippen LogP contribution >= 0.6 is 11.6 Å². The summed E-state index contributed by atoms with van der Waals surface area (Å²) in [7, 11) is 0. The quantitative estimate of drug-likeness (QED) is 0.278. The van der Waals surface area contributed by atoms with Crippen LogP contribution in [0.15, 0.2) is 24.4 Å². The molecule has 4 heterocycles. The highest BCUT2D eigenvalue weighted by Crippen LogP contribution is 2.33. The highest BCUT2D eigenvalue weighted by molar-refractivity contribution is 6.34. The topological polar surface area (TPSA) is 201 Å². The molecule has 2 aliphatic heterocycles. The molecule has 0 saturated carbocycles. The van der Waals surface area contributed by atoms with Gasteiger partial charge in [-0.15, -0.1) is 0 Å². The van der Waals surface area contributed by atoms with E-state index >= 15 is 0 Å². The minimum atomic E-state index is -4.76. The first kappa shape index (κ1) is 38.1. The highest BCUT2D eigenvalue weighted by atomic mass is 35.5. The standard InChI is InChI=1S/C33H37ClF3N9O6/c1-31(2,3)52-30(50)46-10-7-32(51,8-11-46)29(49)45-14-12-44(13-15-45)28(48)21-5-4-19(17-23(21)34)41-27(47)26-39-18-20(40-26)16-22-24(6-9-38)42-43-25(22)33(35,36)37/h4-5,17-18,51H,6-8,10-16H2,1-3H3,(H,39,40)(H,41,47)(H,42,43). The molecule has 0 unspecified atom stereocenters. The first-order valence-corrected chi connectivity index (χ1v) is 16.7. The lowest BCUT2D eigenvalue weighted by molar-refractivity contribution is -0.157. The third-order valence-corrected chi connectivity index (χ3v) is 8.95. The van der Waals surface area contributed by atoms with E-state index < -0.39 is 46.9 Å². The predicted molar refractivity (Wildman–Crippen MR) is 178 cm³/mol. The van der Waals surface area contributed by atoms with Gasteiger partial charge in [0.25, 0.3) is 17.7 Å². The molecule has 0 radical (unpaired) electrons. The number of aliphatic hydroxyl groups is 1. The van der Waals surface area contributed by atoms with Crippen molar-refractivity contribution in [2.45, 2.75) is 63.8 Å². The third-order valence-electron chi connectivity index (χ3n) is 8.64. The summed E-state index contributed by atoms with van der Waals surface area (Å²) in [5.74, 6) is -1.78. The summed E-state index contributed by atoms with van der Waals surface area (Å²) < 4.78 is 45.7. The number of rotatable bonds is 7. The number of halogens is 4. The molecule has 52 heavy (non-hydrogen) atoms. The number of carbonyl (C=O) groups excluding carboxylic acids is 4. The number of nitrogens with one attached hydrogen (secondary N) is 3. The maximum atomic E-state index is 13.5. The lowest BCUT2D eigenvalue weighted by atomic mass is 9.89. The minimum absolute atomic E-state index is 0.00244. The second-order valence-corrected chi connectivity index (χ2v) is 13.9. The molecule has 2 aromatic heterocycles. The fraction of sp³-hybridized carbons (Fsp3) is 0.485. The number of benzene rings is 1. The molecule has 0 atom stereocenters. The van der Waals surface area contributed by atoms with E-state index in [1.807, 2.05) is 0 Å². The van der Waals surface area contributed by atoms with E-state index in [1.165, 1.54) is 39.1 Å². The number of carbonyl (C=O) groups is 4. The Balaban J connectivity index is 1.14. The van der Waals surface area contributed by atoms with Gasteiger partial charge >= 0.3 is 12.3 Å². The van der Waals surface area contributed by atoms with Crippen LogP contribution in [0.25, 0.3) is 0 Å². The Bertz CT molecular complexity index is 1880. The van der Waals surface area contributed by atoms with Crippen LogP contribution < -0.4 is 5.32 Å². The number of H-pyrrole nitrogens is 2. The Kier molecular flexibility index (Phi) is 10.9. The minimum Gasteiger partial charge on any atom is -0.444 e. The number of ether oxygens (including phenoxy) is 1. The summed E-state index contributed by atoms with van der Waals surface area (Å²) in [4.78, 5) is 63.0. The number of hydrogen-bond acceptors (Lipinski definition) is 9. The third kappa shape index (κ3) is 8.65. The highest BCUT2D eigenvalue weighted by Gasteiger charge is 2.44. The average molecular weight is 748 g/mol. The number of nitriles is 1. The molecule has 4 N–H and O–H groups in total. The van der Waals surface area contributed by atoms with Crippen molar-refractivity contribution in [2.75, 3.05) is 44.6 Å². The van der Waals surface area contributed by atoms with Crippen molar-refractivity contribution in [3.63, 3.8) is 0 Å². The number of aromatic amines is 2. The molecule has 5 rings (SSSR count). The summed E-state index contributed by atoms with van der Waals surface area (Å²) in [5, 5.41) is 28.3. The van der Waals surface area contributed by atoms with Gasteiger partial charge in [-0.3, -0.25) is 19.5 Å². The van der Waals surface area contributed by atoms with Crippen molar-refractivity contribution in [1.29, 1.82) is 5.26 Å². The first-order chi connectivity index (χ1) is 24.4. The number of alkyl halides is 3. The van der Waals surface area contributed by atoms with Crippen LogP contribution in [0.2, 0.25) is 5.02 Å². The predicted octanol–water partition coefficient (Wildman–Crippen LogP) is 3.76. The maximum Gasteiger partial charge on any atom is 0.435 e. The van der Waals surface area contributed by atoms with Gasteiger partial charge in [-0.05, 0) is 39.0 Å². The molecule has 15 nitrogen and oxygen atoms in total. The molecule has 1 aromatic carbocycles. The molecular weight excluding hydrogens is 711 g/mol. The van der Waals surface area contributed by atoms with Crippen LogP contribution in [0.5, 0.6) is 0 Å². The molecule has 2 saturated heterocycles. The molecule has 4 amide bonds. The van der Waals surface area contributed by atoms with E-state index in [2.05, 4.69) is 25.5 Å². The van der Waals surface area contributed by atoms with Crippen LogP contribution in [0.3, 0.4) is 0 Å². The zero-order chi connectivity index (χ0) is 38.0. The van der Waals surface area contributed by atoms with Crippen molar-refractivity contribution in [2.24, 2.45) is 0 Å². The normalized spacial score (nSPS) is 16.3. The number of hydrogen-bond donors (Lipinski definition) is 4. The largest absolute Gasteiger partial charge is 0.444 e. The summed E-state index contributed by atoms with van der Waals surface area (Å²) in [6.07, 6.45) is -4.58. The Hall–Kier alpha value is -5.15. The van der Waals surface area contributed by atoms with Gasteiger partial charge in [0, 0.05) is 81.7 Å². The van der Waals surface area contributed by atoms with E-state index in [9.17, 15) is 37.5 Å². The number of imidazole rings is 1. The van der Waals surface area contributed by atoms with Gasteiger partial charge in [0.15, 0.2) is 11.5 Å². The molecular formula is C33H37ClF3N9O6. The first-order valence-electron chi connectivity index (χ1n) is 16.3. The van der Waals surface area contributed by atoms with E-state index in [1.54, 1.807) is 26.8 Å². The summed E-state index contributed by atoms with van der Waals surface area (Å²) >= 11 is 6.44. The molecule has 3 aromatic rings. The number of piperidine rings is 1. The van der Waals surface area contributed by atoms with Crippen LogP contribution in [0.1, 0.15) is 77.2 Å². The number of amides is 4. The zero-order valence-corrected chi connectivity index (χ0v) is 29.3. The van der Waals surface area contributed by atoms with Crippen molar-refractivity contribution >= 4 is 41.1 Å². The molecule has 2 fully saturated rings. The number of nitrogens with zero attached hydrogens (tertiary/aromatic N) is 6. The van der Waals surface area contributed by atoms with E-state index in [4.69, 9.17) is 21.6 Å². The Morgan fingerprint density at radius 1 is 1.06 bits per heavy atom. The average Bonchev–Trinajstić information content (AvgIpc) is 3.71. The lowest BCUT2D eigenvalue weighted by Crippen LogP contribution is -2.59. The Labute approximate surface area is 301 Å². The van der Waals surface area contributed by atoms with Crippen molar-refractivity contribution in [1.82, 2.24) is 34.9 Å². The van der Waals surface area contributed by atoms with Crippen molar-refractivity contribution in [3.05, 3.63) is 63.5 Å². The van der Waals surface area contributed by atoms with Gasteiger partial charge in [-0.25, -0.2) is 9.78 Å². The molecule has 0 spiro atoms. The molecule has 0 bridgehead atoms. The van der Waals surface area contributed by atoms with Gasteiger partial charge in [0.2, 0.25) is 0 Å². The van der Waals surface area contributed by atoms with Crippen LogP contribution in [0, 0.1) is 11.3 Å². The fourth-order valence-corrected chi connectivity index (χ4v) is 6.20. The summed E-state index contributed by atoms with van der Waals surface area (Å²) in [6.45, 7) is 6.32. The van der Waals surface area contributed by atoms with E-state index in [-0.39, 0.29) is 104 Å². The SMILES string of the molecule is CC(C)(C)OC(=O)N1CCC(O)(C(=O)N2CCN(C(=O)c3ccc(NC(=O)c4ncc(Cc5c(C(F)(F)F)n[nH]c5CC#N)[nH]4)cc3Cl)CC2)CC1. The Morgan fingerprint density at radius 3 is 2.31 bits per heavy atom. The zero-order valence-electron chi connectivity index (χ0n) is 28.6. The second kappa shape index (κ2) is 14.8. The molecule has 0 aliphatic carbocycles. The lowest BCUT2D eigenvalue weighted by Gasteiger charge is -2.42. The second-order valence-electron chi connectivity index (χ2n) is 13.5. The van der Waals surface area contributed by atoms with Crippen molar-refractivity contribution in [3.8, 4) is 6.07 Å². The van der Waals surface area contributed by atoms with E-state index in [0.29, 0.717) is 0 Å². The summed E-state index contributed by atoms with van der Waals surface area (Å²) in [5.41, 5.74) is -3.15. The number of aromatic nitrogens is 4. The van der Waals surface area contributed by atoms with Gasteiger partial charge in [0.1, 0.15) is 11.2 Å². The van der Waals surface area contributed by atoms with Gasteiger partial charge in [-0.1, -0.05) is 11.6 Å². The van der Waals surface area contributed by atoms with Gasteiger partial charge in [0.05, 0.1) is 28.8 Å². The fourth-order valence-electron chi connectivity index (χ4n) is 5.94. The van der Waals surface area contributed by atoms with Crippen LogP contribution in [-0.4, -0.2) is 114 Å². The Morgan fingerprint density at radius 2 is 1.71 bits per heavy atom. The van der Waals surface area contributed by atoms with E-state index in [0.717, 1.165) is 0 Å². The molecule has 278 valence electrons. The van der Waals surface area contributed by atoms with Gasteiger partial charge in [-0.2, -0.15) is 23.5 Å². The number of anilines is 1. The maximum absolute atomic E-state index is 13.5. The monoisotopic (exact) mass is 747 g/mol. The molecule has 19 heteroatoms. The van der Waals surface area contributed by atoms with Gasteiger partial charge < -0.3 is 34.8 Å². The summed E-state index contributed by atoms with van der Waals surface area (Å²) in [6, 6.07) is 6.04. The van der Waals surface area contributed by atoms with Crippen molar-refractivity contribution < 1.29 is 42.2 Å². The smallest absolute Gasteiger partial charge is 0.435 e. The number of likely N-dealkylation sites (tertiary alicyclic amines) is 1.